The lowest BCUT2D eigenvalue weighted by Crippen LogP contribution is -2.28. The van der Waals surface area contributed by atoms with Crippen LogP contribution in [0, 0.1) is 0 Å². The van der Waals surface area contributed by atoms with Gasteiger partial charge in [-0.15, -0.1) is 0 Å². The predicted molar refractivity (Wildman–Crippen MR) is 99.1 cm³/mol. The second-order valence-corrected chi connectivity index (χ2v) is 6.02. The molecule has 0 bridgehead atoms. The molecule has 4 rings (SSSR count). The number of benzene rings is 2. The molecular formula is C20H18N2O5. The van der Waals surface area contributed by atoms with Crippen LogP contribution < -0.4 is 15.0 Å². The van der Waals surface area contributed by atoms with Gasteiger partial charge in [-0.2, -0.15) is 5.10 Å². The predicted octanol–water partition coefficient (Wildman–Crippen LogP) is 2.40. The summed E-state index contributed by atoms with van der Waals surface area (Å²) in [7, 11) is 0. The normalized spacial score (nSPS) is 12.8. The molecular weight excluding hydrogens is 348 g/mol. The number of esters is 1. The molecule has 0 amide bonds. The fourth-order valence-corrected chi connectivity index (χ4v) is 3.08. The second kappa shape index (κ2) is 7.11. The van der Waals surface area contributed by atoms with Gasteiger partial charge in [-0.05, 0) is 31.2 Å². The molecule has 2 heterocycles. The minimum Gasteiger partial charge on any atom is -0.486 e. The Morgan fingerprint density at radius 1 is 1.11 bits per heavy atom. The maximum Gasteiger partial charge on any atom is 0.327 e. The summed E-state index contributed by atoms with van der Waals surface area (Å²) in [5.41, 5.74) is 1.03. The number of hydrogen-bond donors (Lipinski definition) is 0. The van der Waals surface area contributed by atoms with E-state index in [2.05, 4.69) is 5.10 Å². The number of rotatable bonds is 4. The zero-order chi connectivity index (χ0) is 18.8. The van der Waals surface area contributed by atoms with Crippen LogP contribution in [-0.4, -0.2) is 35.6 Å². The molecule has 1 aliphatic rings. The maximum atomic E-state index is 12.7. The third-order valence-corrected chi connectivity index (χ3v) is 4.27. The van der Waals surface area contributed by atoms with Gasteiger partial charge >= 0.3 is 5.97 Å². The molecule has 2 aromatic carbocycles. The largest absolute Gasteiger partial charge is 0.486 e. The molecule has 0 aliphatic carbocycles. The fraction of sp³-hybridized carbons (Fsp3) is 0.250. The van der Waals surface area contributed by atoms with E-state index in [4.69, 9.17) is 14.2 Å². The van der Waals surface area contributed by atoms with Gasteiger partial charge in [0, 0.05) is 10.9 Å². The highest BCUT2D eigenvalue weighted by molar-refractivity contribution is 5.94. The van der Waals surface area contributed by atoms with E-state index in [0.717, 1.165) is 10.2 Å². The van der Waals surface area contributed by atoms with Crippen LogP contribution in [0.2, 0.25) is 0 Å². The molecule has 0 unspecified atom stereocenters. The number of nitrogens with zero attached hydrogens (tertiary/aromatic N) is 2. The summed E-state index contributed by atoms with van der Waals surface area (Å²) in [6, 6.07) is 12.7. The van der Waals surface area contributed by atoms with Gasteiger partial charge in [0.15, 0.2) is 11.5 Å². The van der Waals surface area contributed by atoms with Gasteiger partial charge in [0.2, 0.25) is 0 Å². The molecule has 0 radical (unpaired) electrons. The number of carbonyl (C=O) groups excluding carboxylic acids is 1. The second-order valence-electron chi connectivity index (χ2n) is 6.02. The monoisotopic (exact) mass is 366 g/mol. The maximum absolute atomic E-state index is 12.7. The smallest absolute Gasteiger partial charge is 0.327 e. The van der Waals surface area contributed by atoms with Crippen LogP contribution in [0.15, 0.2) is 47.3 Å². The number of carbonyl (C=O) groups is 1. The van der Waals surface area contributed by atoms with Crippen LogP contribution in [-0.2, 0) is 16.1 Å². The van der Waals surface area contributed by atoms with E-state index in [-0.39, 0.29) is 18.7 Å². The third-order valence-electron chi connectivity index (χ3n) is 4.27. The Balaban J connectivity index is 1.88. The van der Waals surface area contributed by atoms with Crippen molar-refractivity contribution in [3.8, 4) is 22.8 Å². The highest BCUT2D eigenvalue weighted by Gasteiger charge is 2.17. The minimum absolute atomic E-state index is 0.241. The molecule has 0 saturated heterocycles. The molecule has 7 heteroatoms. The lowest BCUT2D eigenvalue weighted by molar-refractivity contribution is -0.144. The molecule has 0 N–H and O–H groups in total. The zero-order valence-corrected chi connectivity index (χ0v) is 14.8. The first kappa shape index (κ1) is 17.1. The fourth-order valence-electron chi connectivity index (χ4n) is 3.08. The Morgan fingerprint density at radius 2 is 1.85 bits per heavy atom. The Labute approximate surface area is 155 Å². The molecule has 1 aliphatic heterocycles. The van der Waals surface area contributed by atoms with Crippen molar-refractivity contribution in [3.63, 3.8) is 0 Å². The average molecular weight is 366 g/mol. The van der Waals surface area contributed by atoms with Crippen molar-refractivity contribution >= 4 is 16.7 Å². The number of hydrogen-bond acceptors (Lipinski definition) is 6. The van der Waals surface area contributed by atoms with E-state index < -0.39 is 5.97 Å². The Morgan fingerprint density at radius 3 is 2.63 bits per heavy atom. The lowest BCUT2D eigenvalue weighted by Gasteiger charge is -2.19. The first-order chi connectivity index (χ1) is 13.2. The lowest BCUT2D eigenvalue weighted by atomic mass is 10.0. The molecule has 3 aromatic rings. The molecule has 0 fully saturated rings. The highest BCUT2D eigenvalue weighted by atomic mass is 16.6. The summed E-state index contributed by atoms with van der Waals surface area (Å²) in [6.07, 6.45) is 0. The summed E-state index contributed by atoms with van der Waals surface area (Å²) in [5, 5.41) is 5.64. The van der Waals surface area contributed by atoms with Crippen molar-refractivity contribution in [2.75, 3.05) is 19.8 Å². The van der Waals surface area contributed by atoms with Crippen molar-refractivity contribution in [1.82, 2.24) is 9.78 Å². The van der Waals surface area contributed by atoms with Gasteiger partial charge in [0.25, 0.3) is 5.56 Å². The van der Waals surface area contributed by atoms with Crippen LogP contribution in [0.4, 0.5) is 0 Å². The number of aromatic nitrogens is 2. The van der Waals surface area contributed by atoms with Crippen molar-refractivity contribution in [2.24, 2.45) is 0 Å². The Hall–Kier alpha value is -3.35. The van der Waals surface area contributed by atoms with Crippen LogP contribution in [0.25, 0.3) is 22.0 Å². The van der Waals surface area contributed by atoms with Crippen molar-refractivity contribution in [1.29, 1.82) is 0 Å². The van der Waals surface area contributed by atoms with Gasteiger partial charge in [-0.3, -0.25) is 9.59 Å². The van der Waals surface area contributed by atoms with E-state index in [9.17, 15) is 9.59 Å². The quantitative estimate of drug-likeness (QED) is 0.660. The SMILES string of the molecule is CCOC(=O)Cn1nc(-c2ccc3c(c2)OCCO3)c2ccccc2c1=O. The molecule has 138 valence electrons. The molecule has 1 aromatic heterocycles. The molecule has 0 spiro atoms. The van der Waals surface area contributed by atoms with Crippen molar-refractivity contribution in [3.05, 3.63) is 52.8 Å². The summed E-state index contributed by atoms with van der Waals surface area (Å²) < 4.78 is 17.3. The van der Waals surface area contributed by atoms with Gasteiger partial charge in [-0.25, -0.2) is 4.68 Å². The van der Waals surface area contributed by atoms with Crippen LogP contribution in [0.5, 0.6) is 11.5 Å². The number of fused-ring (bicyclic) bond motifs is 2. The van der Waals surface area contributed by atoms with E-state index >= 15 is 0 Å². The van der Waals surface area contributed by atoms with Gasteiger partial charge in [-0.1, -0.05) is 18.2 Å². The standard InChI is InChI=1S/C20H18N2O5/c1-2-25-18(23)12-22-20(24)15-6-4-3-5-14(15)19(21-22)13-7-8-16-17(11-13)27-10-9-26-16/h3-8,11H,2,9-10,12H2,1H3. The van der Waals surface area contributed by atoms with Gasteiger partial charge in [0.05, 0.1) is 17.7 Å². The summed E-state index contributed by atoms with van der Waals surface area (Å²) >= 11 is 0. The van der Waals surface area contributed by atoms with E-state index in [0.29, 0.717) is 41.2 Å². The molecule has 0 atom stereocenters. The minimum atomic E-state index is -0.504. The Kier molecular flexibility index (Phi) is 4.50. The topological polar surface area (TPSA) is 79.7 Å². The summed E-state index contributed by atoms with van der Waals surface area (Å²) in [6.45, 7) is 2.71. The first-order valence-corrected chi connectivity index (χ1v) is 8.73. The summed E-state index contributed by atoms with van der Waals surface area (Å²) in [4.78, 5) is 24.6. The highest BCUT2D eigenvalue weighted by Crippen LogP contribution is 2.35. The zero-order valence-electron chi connectivity index (χ0n) is 14.8. The van der Waals surface area contributed by atoms with Gasteiger partial charge < -0.3 is 14.2 Å². The molecule has 27 heavy (non-hydrogen) atoms. The first-order valence-electron chi connectivity index (χ1n) is 8.73. The van der Waals surface area contributed by atoms with Crippen LogP contribution >= 0.6 is 0 Å². The van der Waals surface area contributed by atoms with Crippen molar-refractivity contribution in [2.45, 2.75) is 13.5 Å². The average Bonchev–Trinajstić information content (AvgIpc) is 2.70. The van der Waals surface area contributed by atoms with Crippen LogP contribution in [0.1, 0.15) is 6.92 Å². The van der Waals surface area contributed by atoms with Gasteiger partial charge in [0.1, 0.15) is 19.8 Å². The van der Waals surface area contributed by atoms with Crippen LogP contribution in [0.3, 0.4) is 0 Å². The third kappa shape index (κ3) is 3.23. The number of ether oxygens (including phenoxy) is 3. The van der Waals surface area contributed by atoms with Crippen molar-refractivity contribution < 1.29 is 19.0 Å². The molecule has 0 saturated carbocycles. The van der Waals surface area contributed by atoms with E-state index in [1.165, 1.54) is 0 Å². The van der Waals surface area contributed by atoms with E-state index in [1.807, 2.05) is 30.3 Å². The summed E-state index contributed by atoms with van der Waals surface area (Å²) in [5.74, 6) is 0.803. The van der Waals surface area contributed by atoms with E-state index in [1.54, 1.807) is 19.1 Å². The molecule has 7 nitrogen and oxygen atoms in total. The Bertz CT molecular complexity index is 1070.